The van der Waals surface area contributed by atoms with Crippen LogP contribution in [-0.2, 0) is 23.7 Å². The first-order chi connectivity index (χ1) is 20.2. The summed E-state index contributed by atoms with van der Waals surface area (Å²) in [5.41, 5.74) is -4.88. The van der Waals surface area contributed by atoms with Crippen LogP contribution >= 0.6 is 0 Å². The maximum Gasteiger partial charge on any atom is 0.515 e. The van der Waals surface area contributed by atoms with Gasteiger partial charge in [-0.05, 0) is 90.0 Å². The number of anilines is 1. The number of carbonyl (C=O) groups is 5. The summed E-state index contributed by atoms with van der Waals surface area (Å²) in [6.45, 7) is 20.4. The van der Waals surface area contributed by atoms with E-state index in [1.165, 1.54) is 6.92 Å². The van der Waals surface area contributed by atoms with Crippen molar-refractivity contribution in [1.29, 1.82) is 0 Å². The molecule has 0 saturated heterocycles. The number of Topliss-reactive ketones (excluding diaryl/α,β-unsaturated/α-hetero) is 1. The Labute approximate surface area is 261 Å². The first-order valence-electron chi connectivity index (χ1n) is 13.9. The molecule has 16 nitrogen and oxygen atoms in total. The number of carbonyl (C=O) groups excluding carboxylic acids is 5. The minimum absolute atomic E-state index is 0.298. The smallest absolute Gasteiger partial charge is 0.443 e. The van der Waals surface area contributed by atoms with Gasteiger partial charge in [-0.1, -0.05) is 0 Å². The van der Waals surface area contributed by atoms with Gasteiger partial charge in [-0.25, -0.2) is 29.1 Å². The molecule has 0 fully saturated rings. The Morgan fingerprint density at radius 2 is 1.13 bits per heavy atom. The molecule has 2 aromatic heterocycles. The lowest BCUT2D eigenvalue weighted by Crippen LogP contribution is -2.44. The molecule has 0 bridgehead atoms. The zero-order valence-electron chi connectivity index (χ0n) is 27.9. The highest BCUT2D eigenvalue weighted by molar-refractivity contribution is 6.08. The Bertz CT molecular complexity index is 1440. The van der Waals surface area contributed by atoms with E-state index >= 15 is 0 Å². The van der Waals surface area contributed by atoms with E-state index in [0.717, 1.165) is 6.20 Å². The number of ether oxygens (including phenoxy) is 6. The van der Waals surface area contributed by atoms with Gasteiger partial charge in [0, 0.05) is 0 Å². The van der Waals surface area contributed by atoms with E-state index in [1.54, 1.807) is 83.1 Å². The summed E-state index contributed by atoms with van der Waals surface area (Å²) < 4.78 is 31.4. The normalized spacial score (nSPS) is 12.9. The van der Waals surface area contributed by atoms with Gasteiger partial charge in [0.2, 0.25) is 11.7 Å². The minimum atomic E-state index is -1.35. The number of amides is 2. The molecule has 0 aromatic carbocycles. The molecule has 2 heterocycles. The molecule has 0 aliphatic carbocycles. The molecule has 2 rings (SSSR count). The van der Waals surface area contributed by atoms with Gasteiger partial charge in [-0.3, -0.25) is 4.79 Å². The second-order valence-electron chi connectivity index (χ2n) is 13.7. The lowest BCUT2D eigenvalue weighted by molar-refractivity contribution is -0.0198. The molecule has 2 amide bonds. The van der Waals surface area contributed by atoms with Crippen molar-refractivity contribution in [3.05, 3.63) is 11.9 Å². The fourth-order valence-electron chi connectivity index (χ4n) is 3.04. The number of fused-ring (bicyclic) bond motifs is 1. The third-order valence-corrected chi connectivity index (χ3v) is 4.57. The third kappa shape index (κ3) is 11.8. The van der Waals surface area contributed by atoms with Crippen LogP contribution in [0.1, 0.15) is 100 Å². The van der Waals surface area contributed by atoms with Gasteiger partial charge in [0.05, 0.1) is 6.20 Å². The molecule has 0 aliphatic heterocycles. The fourth-order valence-corrected chi connectivity index (χ4v) is 3.04. The average molecular weight is 636 g/mol. The molecule has 0 saturated carbocycles. The molecular weight excluding hydrogens is 594 g/mol. The van der Waals surface area contributed by atoms with E-state index in [4.69, 9.17) is 28.4 Å². The first-order valence-corrected chi connectivity index (χ1v) is 13.9. The van der Waals surface area contributed by atoms with Gasteiger partial charge in [0.15, 0.2) is 17.3 Å². The number of rotatable bonds is 5. The summed E-state index contributed by atoms with van der Waals surface area (Å²) in [5, 5.41) is 0. The van der Waals surface area contributed by atoms with Crippen LogP contribution in [0.15, 0.2) is 6.20 Å². The van der Waals surface area contributed by atoms with Crippen LogP contribution in [0.4, 0.5) is 25.1 Å². The van der Waals surface area contributed by atoms with Crippen LogP contribution in [0.2, 0.25) is 0 Å². The zero-order chi connectivity index (χ0) is 34.7. The summed E-state index contributed by atoms with van der Waals surface area (Å²) >= 11 is 0. The molecule has 0 spiro atoms. The van der Waals surface area contributed by atoms with E-state index in [0.29, 0.717) is 4.90 Å². The van der Waals surface area contributed by atoms with Gasteiger partial charge < -0.3 is 28.4 Å². The predicted octanol–water partition coefficient (Wildman–Crippen LogP) is 5.93. The molecule has 0 aliphatic rings. The van der Waals surface area contributed by atoms with Crippen molar-refractivity contribution in [2.24, 2.45) is 0 Å². The van der Waals surface area contributed by atoms with Gasteiger partial charge in [-0.15, -0.1) is 4.90 Å². The quantitative estimate of drug-likeness (QED) is 0.213. The Hall–Kier alpha value is -4.63. The van der Waals surface area contributed by atoms with Crippen LogP contribution in [-0.4, -0.2) is 78.7 Å². The van der Waals surface area contributed by atoms with Crippen LogP contribution in [0.5, 0.6) is 5.88 Å². The number of imide groups is 1. The molecule has 1 atom stereocenters. The maximum absolute atomic E-state index is 13.2. The monoisotopic (exact) mass is 635 g/mol. The van der Waals surface area contributed by atoms with Gasteiger partial charge in [-0.2, -0.15) is 9.97 Å². The average Bonchev–Trinajstić information content (AvgIpc) is 2.78. The van der Waals surface area contributed by atoms with E-state index < -0.39 is 70.6 Å². The van der Waals surface area contributed by atoms with Gasteiger partial charge >= 0.3 is 24.5 Å². The highest BCUT2D eigenvalue weighted by Gasteiger charge is 2.36. The molecule has 248 valence electrons. The van der Waals surface area contributed by atoms with Crippen molar-refractivity contribution >= 4 is 47.4 Å². The van der Waals surface area contributed by atoms with Gasteiger partial charge in [0.25, 0.3) is 5.88 Å². The summed E-state index contributed by atoms with van der Waals surface area (Å²) in [6, 6.07) is 0. The standard InChI is InChI=1S/C29H41N5O11/c1-15(40-24(38)44-28(8,9)10)18(35)16-14-30-19-17(31-16)20(41-25(39)45-29(11,12)13)33-21(32-19)34(22(36)42-26(2,3)4)23(37)43-27(5,6)7/h14-15H,1-13H3/t15-/m0/s1. The summed E-state index contributed by atoms with van der Waals surface area (Å²) in [7, 11) is 0. The molecule has 0 N–H and O–H groups in total. The van der Waals surface area contributed by atoms with E-state index in [1.807, 2.05) is 0 Å². The molecule has 0 radical (unpaired) electrons. The number of nitrogens with zero attached hydrogens (tertiary/aromatic N) is 5. The zero-order valence-corrected chi connectivity index (χ0v) is 27.9. The Kier molecular flexibility index (Phi) is 10.7. The van der Waals surface area contributed by atoms with Crippen molar-refractivity contribution in [3.63, 3.8) is 0 Å². The van der Waals surface area contributed by atoms with E-state index in [2.05, 4.69) is 19.9 Å². The number of aromatic nitrogens is 4. The van der Waals surface area contributed by atoms with Crippen molar-refractivity contribution in [3.8, 4) is 5.88 Å². The summed E-state index contributed by atoms with van der Waals surface area (Å²) in [5.74, 6) is -2.05. The topological polar surface area (TPSA) is 196 Å². The van der Waals surface area contributed by atoms with Gasteiger partial charge in [0.1, 0.15) is 28.1 Å². The predicted molar refractivity (Wildman–Crippen MR) is 158 cm³/mol. The second kappa shape index (κ2) is 13.2. The van der Waals surface area contributed by atoms with Crippen LogP contribution in [0.3, 0.4) is 0 Å². The lowest BCUT2D eigenvalue weighted by atomic mass is 10.2. The summed E-state index contributed by atoms with van der Waals surface area (Å²) in [4.78, 5) is 81.2. The van der Waals surface area contributed by atoms with E-state index in [-0.39, 0.29) is 16.9 Å². The Morgan fingerprint density at radius 3 is 1.60 bits per heavy atom. The SMILES string of the molecule is C[C@H](OC(=O)OC(C)(C)C)C(=O)c1cnc2nc(N(C(=O)OC(C)(C)C)C(=O)OC(C)(C)C)nc(OC(=O)OC(C)(C)C)c2n1. The molecular formula is C29H41N5O11. The fraction of sp³-hybridized carbons (Fsp3) is 0.621. The Balaban J connectivity index is 2.69. The van der Waals surface area contributed by atoms with Crippen LogP contribution in [0, 0.1) is 0 Å². The van der Waals surface area contributed by atoms with E-state index in [9.17, 15) is 24.0 Å². The Morgan fingerprint density at radius 1 is 0.667 bits per heavy atom. The highest BCUT2D eigenvalue weighted by atomic mass is 16.7. The molecule has 0 unspecified atom stereocenters. The number of hydrogen-bond donors (Lipinski definition) is 0. The van der Waals surface area contributed by atoms with Crippen molar-refractivity contribution < 1.29 is 52.4 Å². The first kappa shape index (κ1) is 36.6. The molecule has 45 heavy (non-hydrogen) atoms. The second-order valence-corrected chi connectivity index (χ2v) is 13.7. The largest absolute Gasteiger partial charge is 0.515 e. The number of ketones is 1. The third-order valence-electron chi connectivity index (χ3n) is 4.57. The molecule has 16 heteroatoms. The van der Waals surface area contributed by atoms with Crippen LogP contribution < -0.4 is 9.64 Å². The van der Waals surface area contributed by atoms with Crippen molar-refractivity contribution in [2.75, 3.05) is 4.90 Å². The lowest BCUT2D eigenvalue weighted by Gasteiger charge is -2.27. The maximum atomic E-state index is 13.2. The van der Waals surface area contributed by atoms with Crippen molar-refractivity contribution in [2.45, 2.75) is 119 Å². The minimum Gasteiger partial charge on any atom is -0.443 e. The molecule has 2 aromatic rings. The van der Waals surface area contributed by atoms with Crippen LogP contribution in [0.25, 0.3) is 11.2 Å². The van der Waals surface area contributed by atoms with Crippen molar-refractivity contribution in [1.82, 2.24) is 19.9 Å². The number of hydrogen-bond acceptors (Lipinski definition) is 15. The summed E-state index contributed by atoms with van der Waals surface area (Å²) in [6.07, 6.45) is -5.05. The highest BCUT2D eigenvalue weighted by Crippen LogP contribution is 2.27.